The number of carbonyl (C=O) groups excluding carboxylic acids is 3. The number of piperidine rings is 1. The first kappa shape index (κ1) is 32.4. The number of aliphatic imine (C=N–C) groups is 1. The highest BCUT2D eigenvalue weighted by atomic mass is 19.4. The van der Waals surface area contributed by atoms with Crippen LogP contribution in [0, 0.1) is 17.1 Å². The van der Waals surface area contributed by atoms with Crippen LogP contribution >= 0.6 is 0 Å². The topological polar surface area (TPSA) is 141 Å². The third-order valence-electron chi connectivity index (χ3n) is 7.01. The zero-order valence-electron chi connectivity index (χ0n) is 23.9. The molecule has 1 aliphatic rings. The Kier molecular flexibility index (Phi) is 9.98. The lowest BCUT2D eigenvalue weighted by molar-refractivity contribution is -0.137. The van der Waals surface area contributed by atoms with Crippen LogP contribution in [0.2, 0.25) is 0 Å². The Morgan fingerprint density at radius 3 is 2.36 bits per heavy atom. The van der Waals surface area contributed by atoms with Crippen molar-refractivity contribution in [3.8, 4) is 6.07 Å². The Morgan fingerprint density at radius 2 is 1.73 bits per heavy atom. The van der Waals surface area contributed by atoms with E-state index in [1.807, 2.05) is 6.07 Å². The lowest BCUT2D eigenvalue weighted by atomic mass is 9.78. The molecule has 0 spiro atoms. The summed E-state index contributed by atoms with van der Waals surface area (Å²) < 4.78 is 54.2. The minimum absolute atomic E-state index is 0.00337. The number of nitrogens with two attached hydrogens (primary N) is 1. The molecule has 1 saturated heterocycles. The predicted molar refractivity (Wildman–Crippen MR) is 157 cm³/mol. The molecule has 0 bridgehead atoms. The number of alkyl halides is 3. The van der Waals surface area contributed by atoms with Crippen LogP contribution in [0.5, 0.6) is 0 Å². The smallest absolute Gasteiger partial charge is 0.394 e. The van der Waals surface area contributed by atoms with Gasteiger partial charge >= 0.3 is 6.18 Å². The number of para-hydroxylation sites is 1. The van der Waals surface area contributed by atoms with Gasteiger partial charge in [-0.25, -0.2) is 9.38 Å². The van der Waals surface area contributed by atoms with E-state index in [4.69, 9.17) is 11.0 Å². The lowest BCUT2D eigenvalue weighted by Crippen LogP contribution is -2.59. The minimum atomic E-state index is -4.72. The number of amidine groups is 1. The first-order valence-corrected chi connectivity index (χ1v) is 13.8. The van der Waals surface area contributed by atoms with Crippen molar-refractivity contribution >= 4 is 29.2 Å². The number of rotatable bonds is 8. The number of likely N-dealkylation sites (tertiary alicyclic amines) is 1. The molecule has 0 saturated carbocycles. The maximum Gasteiger partial charge on any atom is 0.416 e. The van der Waals surface area contributed by atoms with Crippen LogP contribution in [0.4, 0.5) is 23.2 Å². The van der Waals surface area contributed by atoms with Gasteiger partial charge in [-0.15, -0.1) is 0 Å². The molecule has 1 heterocycles. The monoisotopic (exact) mass is 620 g/mol. The Bertz CT molecular complexity index is 1680. The molecule has 4 rings (SSSR count). The molecule has 45 heavy (non-hydrogen) atoms. The summed E-state index contributed by atoms with van der Waals surface area (Å²) in [6.45, 7) is 1.59. The van der Waals surface area contributed by atoms with E-state index in [1.54, 1.807) is 37.3 Å². The highest BCUT2D eigenvalue weighted by molar-refractivity contribution is 6.18. The average molecular weight is 621 g/mol. The zero-order valence-corrected chi connectivity index (χ0v) is 23.9. The van der Waals surface area contributed by atoms with Gasteiger partial charge in [-0.3, -0.25) is 19.3 Å². The van der Waals surface area contributed by atoms with E-state index in [9.17, 15) is 31.9 Å². The molecule has 2 atom stereocenters. The fourth-order valence-corrected chi connectivity index (χ4v) is 4.89. The molecule has 2 unspecified atom stereocenters. The Balaban J connectivity index is 1.93. The van der Waals surface area contributed by atoms with Crippen molar-refractivity contribution in [2.75, 3.05) is 13.1 Å². The quantitative estimate of drug-likeness (QED) is 0.192. The number of hydrogen-bond acceptors (Lipinski definition) is 6. The largest absolute Gasteiger partial charge is 0.416 e. The number of nitrogens with zero attached hydrogens (tertiary/aromatic N) is 3. The van der Waals surface area contributed by atoms with E-state index in [2.05, 4.69) is 15.6 Å². The number of benzene rings is 3. The molecule has 9 nitrogen and oxygen atoms in total. The summed E-state index contributed by atoms with van der Waals surface area (Å²) in [5, 5.41) is 14.0. The number of carbonyl (C=O) groups is 3. The number of nitrogens with one attached hydrogen (secondary N) is 2. The van der Waals surface area contributed by atoms with Gasteiger partial charge in [-0.2, -0.15) is 18.4 Å². The standard InChI is InChI=1S/C32H28F4N6O3/c1-2-42-28(40-23-10-4-3-5-11-23)25(26(38)30(44)39-17-7-16-37)24(19-12-14-22(33)15-13-19)27(31(42)45)41-29(43)20-8-6-9-21(18-20)32(34,35)36/h3-6,8-15,18,24,27H,2,7,17,38H2,1H3,(H,39,44)(H,41,43)/b26-25-,40-28?. The first-order valence-electron chi connectivity index (χ1n) is 13.8. The van der Waals surface area contributed by atoms with Gasteiger partial charge in [-0.1, -0.05) is 36.4 Å². The van der Waals surface area contributed by atoms with Crippen molar-refractivity contribution in [3.05, 3.63) is 113 Å². The summed E-state index contributed by atoms with van der Waals surface area (Å²) in [5.41, 5.74) is 5.32. The number of nitriles is 1. The van der Waals surface area contributed by atoms with Gasteiger partial charge in [-0.05, 0) is 55.0 Å². The highest BCUT2D eigenvalue weighted by Gasteiger charge is 2.46. The molecule has 3 aromatic rings. The van der Waals surface area contributed by atoms with Crippen molar-refractivity contribution in [2.24, 2.45) is 10.7 Å². The van der Waals surface area contributed by atoms with Gasteiger partial charge in [0.25, 0.3) is 17.7 Å². The van der Waals surface area contributed by atoms with Gasteiger partial charge in [0.2, 0.25) is 0 Å². The van der Waals surface area contributed by atoms with E-state index in [0.29, 0.717) is 11.8 Å². The molecule has 4 N–H and O–H groups in total. The van der Waals surface area contributed by atoms with Gasteiger partial charge in [0.1, 0.15) is 23.4 Å². The van der Waals surface area contributed by atoms with Crippen molar-refractivity contribution in [1.29, 1.82) is 5.26 Å². The van der Waals surface area contributed by atoms with Gasteiger partial charge in [0.15, 0.2) is 0 Å². The van der Waals surface area contributed by atoms with Gasteiger partial charge in [0, 0.05) is 30.1 Å². The first-order chi connectivity index (χ1) is 21.5. The van der Waals surface area contributed by atoms with Crippen LogP contribution in [-0.4, -0.2) is 47.6 Å². The molecule has 13 heteroatoms. The fraction of sp³-hybridized carbons (Fsp3) is 0.219. The second-order valence-corrected chi connectivity index (χ2v) is 9.90. The maximum atomic E-state index is 14.1. The minimum Gasteiger partial charge on any atom is -0.394 e. The van der Waals surface area contributed by atoms with Crippen LogP contribution in [0.15, 0.2) is 95.1 Å². The lowest BCUT2D eigenvalue weighted by Gasteiger charge is -2.41. The van der Waals surface area contributed by atoms with Crippen molar-refractivity contribution < 1.29 is 31.9 Å². The summed E-state index contributed by atoms with van der Waals surface area (Å²) in [4.78, 5) is 46.7. The van der Waals surface area contributed by atoms with E-state index in [-0.39, 0.29) is 47.7 Å². The summed E-state index contributed by atoms with van der Waals surface area (Å²) >= 11 is 0. The number of halogens is 4. The van der Waals surface area contributed by atoms with Crippen molar-refractivity contribution in [3.63, 3.8) is 0 Å². The third-order valence-corrected chi connectivity index (χ3v) is 7.01. The highest BCUT2D eigenvalue weighted by Crippen LogP contribution is 2.38. The van der Waals surface area contributed by atoms with E-state index < -0.39 is 47.2 Å². The van der Waals surface area contributed by atoms with Crippen LogP contribution in [-0.2, 0) is 15.8 Å². The van der Waals surface area contributed by atoms with Crippen LogP contribution in [0.3, 0.4) is 0 Å². The number of likely N-dealkylation sites (N-methyl/N-ethyl adjacent to an activating group) is 1. The fourth-order valence-electron chi connectivity index (χ4n) is 4.89. The summed E-state index contributed by atoms with van der Waals surface area (Å²) in [7, 11) is 0. The van der Waals surface area contributed by atoms with Gasteiger partial charge in [0.05, 0.1) is 23.7 Å². The SMILES string of the molecule is CCN1C(=O)C(NC(=O)c2cccc(C(F)(F)F)c2)C(c2ccc(F)cc2)/C(=C(/N)C(=O)NCCC#N)C1=Nc1ccccc1. The van der Waals surface area contributed by atoms with Crippen LogP contribution in [0.25, 0.3) is 0 Å². The Hall–Kier alpha value is -5.51. The third kappa shape index (κ3) is 7.35. The summed E-state index contributed by atoms with van der Waals surface area (Å²) in [6.07, 6.45) is -4.74. The number of hydrogen-bond donors (Lipinski definition) is 3. The molecule has 3 aromatic carbocycles. The summed E-state index contributed by atoms with van der Waals surface area (Å²) in [6, 6.07) is 17.5. The summed E-state index contributed by atoms with van der Waals surface area (Å²) in [5.74, 6) is -4.33. The molecule has 0 radical (unpaired) electrons. The van der Waals surface area contributed by atoms with Crippen molar-refractivity contribution in [1.82, 2.24) is 15.5 Å². The second kappa shape index (κ2) is 13.9. The molecule has 232 valence electrons. The molecular formula is C32H28F4N6O3. The molecule has 0 aliphatic carbocycles. The van der Waals surface area contributed by atoms with E-state index >= 15 is 0 Å². The molecule has 1 fully saturated rings. The van der Waals surface area contributed by atoms with Crippen LogP contribution < -0.4 is 16.4 Å². The number of amides is 3. The molecule has 1 aliphatic heterocycles. The molecular weight excluding hydrogens is 592 g/mol. The van der Waals surface area contributed by atoms with E-state index in [0.717, 1.165) is 24.3 Å². The molecule has 0 aromatic heterocycles. The zero-order chi connectivity index (χ0) is 32.7. The Labute approximate surface area is 256 Å². The Morgan fingerprint density at radius 1 is 1.04 bits per heavy atom. The normalized spacial score (nSPS) is 18.7. The van der Waals surface area contributed by atoms with Gasteiger partial charge < -0.3 is 16.4 Å². The second-order valence-electron chi connectivity index (χ2n) is 9.90. The van der Waals surface area contributed by atoms with Crippen LogP contribution in [0.1, 0.15) is 40.7 Å². The van der Waals surface area contributed by atoms with Crippen molar-refractivity contribution in [2.45, 2.75) is 31.5 Å². The predicted octanol–water partition coefficient (Wildman–Crippen LogP) is 4.56. The average Bonchev–Trinajstić information content (AvgIpc) is 3.02. The maximum absolute atomic E-state index is 14.1. The molecule has 3 amide bonds. The van der Waals surface area contributed by atoms with E-state index in [1.165, 1.54) is 23.1 Å².